The smallest absolute Gasteiger partial charge is 0.238 e. The summed E-state index contributed by atoms with van der Waals surface area (Å²) < 4.78 is 93.5. The van der Waals surface area contributed by atoms with Gasteiger partial charge in [-0.05, 0) is 117 Å². The fourth-order valence-electron chi connectivity index (χ4n) is 16.4. The van der Waals surface area contributed by atoms with Crippen LogP contribution in [-0.4, -0.2) is 48.6 Å². The van der Waals surface area contributed by atoms with Gasteiger partial charge < -0.3 is 9.55 Å². The minimum atomic E-state index is -0.478. The lowest BCUT2D eigenvalue weighted by Gasteiger charge is -2.21. The lowest BCUT2D eigenvalue weighted by Crippen LogP contribution is -2.15. The van der Waals surface area contributed by atoms with Crippen LogP contribution in [0, 0.1) is 0 Å². The van der Waals surface area contributed by atoms with Crippen LogP contribution in [-0.2, 0) is 10.8 Å². The van der Waals surface area contributed by atoms with Crippen LogP contribution in [0.15, 0.2) is 332 Å². The molecule has 0 aliphatic heterocycles. The average Bonchev–Trinajstić information content (AvgIpc) is 1.55. The zero-order chi connectivity index (χ0) is 80.4. The van der Waals surface area contributed by atoms with Gasteiger partial charge in [0.1, 0.15) is 0 Å². The third-order valence-corrected chi connectivity index (χ3v) is 21.8. The summed E-state index contributed by atoms with van der Waals surface area (Å²) in [4.78, 5) is 33.7. The normalized spacial score (nSPS) is 14.4. The lowest BCUT2D eigenvalue weighted by atomic mass is 9.82. The molecule has 2 aliphatic carbocycles. The van der Waals surface area contributed by atoms with E-state index in [1.165, 1.54) is 22.3 Å². The SMILES string of the molecule is Brc1ccccc1.[2H]c1c([2H])c([2H])c(-c2nc(-c3ccc4c(c3)C(C)(C)c3ccccc3-4)nc(-n3c4ccccc4c4c3ccc3c5ccccc5n(-c5ccccc5)c34)n2)c([2H])c1[2H].[2H]c1c([2H])c([2H])c(-c2nc(-c3ccc4c(c3)C(C)(C)c3ccccc3-4)nc(-n3c4ccccc4c4c5[nH]c6ccccc6c5ccc43)n2)c([2H])c1[2H].[HH]. The van der Waals surface area contributed by atoms with Gasteiger partial charge in [-0.3, -0.25) is 9.13 Å². The van der Waals surface area contributed by atoms with E-state index in [-0.39, 0.29) is 71.1 Å². The number of fused-ring (bicyclic) bond motifs is 20. The van der Waals surface area contributed by atoms with Gasteiger partial charge in [0.25, 0.3) is 0 Å². The monoisotopic (exact) mass is 1450 g/mol. The number of nitrogens with zero attached hydrogens (tertiary/aromatic N) is 9. The number of nitrogens with one attached hydrogen (secondary N) is 1. The molecule has 107 heavy (non-hydrogen) atoms. The summed E-state index contributed by atoms with van der Waals surface area (Å²) in [6.45, 7) is 8.85. The molecule has 0 unspecified atom stereocenters. The minimum absolute atomic E-state index is 0. The second-order valence-corrected chi connectivity index (χ2v) is 28.9. The molecule has 6 aromatic heterocycles. The fourth-order valence-corrected chi connectivity index (χ4v) is 16.7. The van der Waals surface area contributed by atoms with Crippen LogP contribution in [0.1, 0.15) is 65.1 Å². The van der Waals surface area contributed by atoms with Gasteiger partial charge in [0.05, 0.1) is 52.3 Å². The van der Waals surface area contributed by atoms with Crippen LogP contribution in [0.25, 0.3) is 173 Å². The molecule has 0 amide bonds. The number of hydrogen-bond donors (Lipinski definition) is 1. The van der Waals surface area contributed by atoms with Gasteiger partial charge in [-0.2, -0.15) is 19.9 Å². The van der Waals surface area contributed by atoms with Gasteiger partial charge in [0.2, 0.25) is 11.9 Å². The number of aromatic amines is 1. The Bertz CT molecular complexity index is 7570. The van der Waals surface area contributed by atoms with Crippen LogP contribution in [0.4, 0.5) is 0 Å². The van der Waals surface area contributed by atoms with Gasteiger partial charge in [0.15, 0.2) is 23.3 Å². The molecule has 0 atom stereocenters. The van der Waals surface area contributed by atoms with Crippen molar-refractivity contribution in [2.75, 3.05) is 0 Å². The highest BCUT2D eigenvalue weighted by Gasteiger charge is 2.37. The molecule has 0 saturated carbocycles. The molecule has 6 heterocycles. The Morgan fingerprint density at radius 3 is 1.26 bits per heavy atom. The van der Waals surface area contributed by atoms with Crippen LogP contribution in [0.2, 0.25) is 0 Å². The molecule has 0 fully saturated rings. The second-order valence-electron chi connectivity index (χ2n) is 28.0. The van der Waals surface area contributed by atoms with Crippen LogP contribution in [0.3, 0.4) is 0 Å². The standard InChI is InChI=1S/C48H33N5.C42H29N5.C6H5Br.H2/c1-48(2)38-22-12-9-19-33(38)34-26-25-31(29-39(34)48)46-49-45(30-15-5-3-6-16-30)50-47(51-46)53-41-24-14-11-21-37(41)43-42(53)28-27-36-35-20-10-13-23-40(35)52(44(36)43)32-17-7-4-8-18-32;1-42(2)32-17-9-6-14-27(32)28-21-20-26(24-33(28)42)40-44-39(25-12-4-3-5-13-25)45-41(46-40)47-35-19-11-8-16-31(35)37-36(47)23-22-30-29-15-7-10-18-34(29)43-38(30)37;7-6-4-2-1-3-5-6;/h3-29H,1-2H3;3-24,43H,1-2H3;1-5H;1H/i3D,5D,6D,15D,16D;3D,4D,5D,12D,13D;;. The van der Waals surface area contributed by atoms with Crippen molar-refractivity contribution >= 4 is 103 Å². The van der Waals surface area contributed by atoms with E-state index in [1.807, 2.05) is 118 Å². The Balaban J connectivity index is 0.000000144. The summed E-state index contributed by atoms with van der Waals surface area (Å²) in [7, 11) is 0. The molecule has 10 nitrogen and oxygen atoms in total. The summed E-state index contributed by atoms with van der Waals surface area (Å²) in [5.41, 5.74) is 18.8. The van der Waals surface area contributed by atoms with Gasteiger partial charge >= 0.3 is 0 Å². The predicted octanol–water partition coefficient (Wildman–Crippen LogP) is 24.6. The number of para-hydroxylation sites is 5. The molecule has 20 aromatic rings. The Morgan fingerprint density at radius 1 is 0.327 bits per heavy atom. The fraction of sp³-hybridized carbons (Fsp3) is 0.0625. The maximum Gasteiger partial charge on any atom is 0.238 e. The van der Waals surface area contributed by atoms with Crippen molar-refractivity contribution in [1.29, 1.82) is 0 Å². The average molecular weight is 1450 g/mol. The zero-order valence-electron chi connectivity index (χ0n) is 68.3. The molecule has 0 saturated heterocycles. The summed E-state index contributed by atoms with van der Waals surface area (Å²) in [5, 5.41) is 8.47. The summed E-state index contributed by atoms with van der Waals surface area (Å²) >= 11 is 3.31. The Morgan fingerprint density at radius 2 is 0.738 bits per heavy atom. The second kappa shape index (κ2) is 25.0. The molecular formula is C96H69BrN10. The zero-order valence-corrected chi connectivity index (χ0v) is 59.9. The molecule has 11 heteroatoms. The minimum Gasteiger partial charge on any atom is -0.354 e. The molecule has 14 aromatic carbocycles. The molecule has 0 spiro atoms. The molecule has 0 bridgehead atoms. The van der Waals surface area contributed by atoms with E-state index in [0.29, 0.717) is 11.6 Å². The number of halogens is 1. The molecular weight excluding hydrogens is 1370 g/mol. The van der Waals surface area contributed by atoms with E-state index in [2.05, 4.69) is 211 Å². The highest BCUT2D eigenvalue weighted by molar-refractivity contribution is 9.10. The Labute approximate surface area is 641 Å². The third-order valence-electron chi connectivity index (χ3n) is 21.3. The molecule has 510 valence electrons. The number of rotatable bonds is 7. The first kappa shape index (κ1) is 53.6. The van der Waals surface area contributed by atoms with Crippen molar-refractivity contribution in [3.8, 4) is 85.4 Å². The summed E-state index contributed by atoms with van der Waals surface area (Å²) in [6, 6.07) is 86.7. The summed E-state index contributed by atoms with van der Waals surface area (Å²) in [6.07, 6.45) is 0. The van der Waals surface area contributed by atoms with E-state index in [4.69, 9.17) is 43.6 Å². The van der Waals surface area contributed by atoms with Gasteiger partial charge in [-0.1, -0.05) is 298 Å². The molecule has 0 radical (unpaired) electrons. The molecule has 22 rings (SSSR count). The van der Waals surface area contributed by atoms with Crippen LogP contribution < -0.4 is 0 Å². The van der Waals surface area contributed by atoms with Crippen LogP contribution >= 0.6 is 15.9 Å². The largest absolute Gasteiger partial charge is 0.354 e. The lowest BCUT2D eigenvalue weighted by molar-refractivity contribution is 0.660. The predicted molar refractivity (Wildman–Crippen MR) is 445 cm³/mol. The first-order valence-corrected chi connectivity index (χ1v) is 36.3. The van der Waals surface area contributed by atoms with Crippen LogP contribution in [0.5, 0.6) is 0 Å². The van der Waals surface area contributed by atoms with Crippen molar-refractivity contribution in [3.05, 3.63) is 354 Å². The maximum atomic E-state index is 8.95. The first-order valence-electron chi connectivity index (χ1n) is 40.5. The quantitative estimate of drug-likeness (QED) is 0.170. The first-order chi connectivity index (χ1) is 56.7. The number of benzene rings is 14. The van der Waals surface area contributed by atoms with Crippen molar-refractivity contribution < 1.29 is 15.1 Å². The van der Waals surface area contributed by atoms with E-state index >= 15 is 0 Å². The van der Waals surface area contributed by atoms with E-state index < -0.39 is 36.3 Å². The molecule has 2 aliphatic rings. The number of hydrogen-bond acceptors (Lipinski definition) is 6. The van der Waals surface area contributed by atoms with Crippen molar-refractivity contribution in [1.82, 2.24) is 48.6 Å². The maximum absolute atomic E-state index is 8.95. The van der Waals surface area contributed by atoms with Crippen molar-refractivity contribution in [3.63, 3.8) is 0 Å². The van der Waals surface area contributed by atoms with Crippen molar-refractivity contribution in [2.24, 2.45) is 0 Å². The Kier molecular flexibility index (Phi) is 12.5. The Hall–Kier alpha value is -13.2. The topological polar surface area (TPSA) is 108 Å². The third kappa shape index (κ3) is 10.3. The van der Waals surface area contributed by atoms with E-state index in [9.17, 15) is 0 Å². The highest BCUT2D eigenvalue weighted by Crippen LogP contribution is 2.52. The van der Waals surface area contributed by atoms with E-state index in [1.54, 1.807) is 0 Å². The number of H-pyrrole nitrogens is 1. The summed E-state index contributed by atoms with van der Waals surface area (Å²) in [5.74, 6) is 1.19. The van der Waals surface area contributed by atoms with Crippen molar-refractivity contribution in [2.45, 2.75) is 38.5 Å². The van der Waals surface area contributed by atoms with Gasteiger partial charge in [-0.25, -0.2) is 9.97 Å². The van der Waals surface area contributed by atoms with Gasteiger partial charge in [0, 0.05) is 93.3 Å². The van der Waals surface area contributed by atoms with Gasteiger partial charge in [-0.15, -0.1) is 0 Å². The molecule has 1 N–H and O–H groups in total. The number of aromatic nitrogens is 10. The van der Waals surface area contributed by atoms with E-state index in [0.717, 1.165) is 131 Å². The highest BCUT2D eigenvalue weighted by atomic mass is 79.9.